The zero-order chi connectivity index (χ0) is 23.6. The van der Waals surface area contributed by atoms with Crippen LogP contribution in [0.4, 0.5) is 26.3 Å². The van der Waals surface area contributed by atoms with Crippen molar-refractivity contribution in [2.45, 2.75) is 112 Å². The predicted molar refractivity (Wildman–Crippen MR) is 111 cm³/mol. The van der Waals surface area contributed by atoms with E-state index in [4.69, 9.17) is 18.9 Å². The van der Waals surface area contributed by atoms with Gasteiger partial charge in [-0.2, -0.15) is 26.3 Å². The Morgan fingerprint density at radius 1 is 0.606 bits per heavy atom. The highest BCUT2D eigenvalue weighted by Gasteiger charge is 2.52. The normalized spacial score (nSPS) is 41.3. The van der Waals surface area contributed by atoms with Crippen molar-refractivity contribution in [2.24, 2.45) is 11.8 Å². The topological polar surface area (TPSA) is 36.9 Å². The number of ether oxygens (including phenoxy) is 4. The summed E-state index contributed by atoms with van der Waals surface area (Å²) in [5.41, 5.74) is -0.231. The van der Waals surface area contributed by atoms with Crippen LogP contribution in [0.2, 0.25) is 11.1 Å². The molecule has 8 unspecified atom stereocenters. The van der Waals surface area contributed by atoms with E-state index in [0.717, 1.165) is 12.8 Å². The van der Waals surface area contributed by atoms with Gasteiger partial charge in [-0.15, -0.1) is 0 Å². The van der Waals surface area contributed by atoms with Gasteiger partial charge in [0.1, 0.15) is 0 Å². The van der Waals surface area contributed by atoms with E-state index in [0.29, 0.717) is 51.7 Å². The molecule has 0 N–H and O–H groups in total. The molecule has 4 aliphatic rings. The molecule has 11 heteroatoms. The fourth-order valence-corrected chi connectivity index (χ4v) is 9.06. The lowest BCUT2D eigenvalue weighted by Gasteiger charge is -2.41. The number of alkyl halides is 6. The van der Waals surface area contributed by atoms with Crippen molar-refractivity contribution >= 4 is 9.52 Å². The Morgan fingerprint density at radius 2 is 1.03 bits per heavy atom. The fourth-order valence-electron chi connectivity index (χ4n) is 6.07. The molecule has 0 aromatic carbocycles. The van der Waals surface area contributed by atoms with Crippen LogP contribution in [0.3, 0.4) is 0 Å². The van der Waals surface area contributed by atoms with Gasteiger partial charge >= 0.3 is 12.4 Å². The summed E-state index contributed by atoms with van der Waals surface area (Å²) in [6.45, 7) is 1.01. The van der Waals surface area contributed by atoms with Gasteiger partial charge in [0, 0.05) is 35.6 Å². The standard InChI is InChI=1S/C22H34F6O4Si/c23-21(24,25)15-11-13(5-7-17(15)31-19-3-1-9-29-19)33-14-6-8-18(16(12-14)22(26,27)28)32-20-4-2-10-30-20/h13-20H,1-12,33H2. The highest BCUT2D eigenvalue weighted by Crippen LogP contribution is 2.49. The summed E-state index contributed by atoms with van der Waals surface area (Å²) in [6.07, 6.45) is -7.24. The number of halogens is 6. The Kier molecular flexibility index (Phi) is 8.35. The Balaban J connectivity index is 1.34. The first-order chi connectivity index (χ1) is 15.6. The van der Waals surface area contributed by atoms with E-state index in [1.54, 1.807) is 0 Å². The lowest BCUT2D eigenvalue weighted by Crippen LogP contribution is -2.44. The molecule has 0 radical (unpaired) electrons. The van der Waals surface area contributed by atoms with Gasteiger partial charge in [0.15, 0.2) is 12.6 Å². The fraction of sp³-hybridized carbons (Fsp3) is 1.00. The highest BCUT2D eigenvalue weighted by atomic mass is 28.2. The summed E-state index contributed by atoms with van der Waals surface area (Å²) < 4.78 is 105. The third kappa shape index (κ3) is 6.86. The van der Waals surface area contributed by atoms with Crippen LogP contribution in [0.25, 0.3) is 0 Å². The van der Waals surface area contributed by atoms with Gasteiger partial charge in [0.25, 0.3) is 0 Å². The molecular weight excluding hydrogens is 470 g/mol. The molecule has 2 aliphatic carbocycles. The van der Waals surface area contributed by atoms with Crippen molar-refractivity contribution in [1.82, 2.24) is 0 Å². The summed E-state index contributed by atoms with van der Waals surface area (Å²) in [5, 5.41) is 0. The lowest BCUT2D eigenvalue weighted by molar-refractivity contribution is -0.244. The quantitative estimate of drug-likeness (QED) is 0.354. The van der Waals surface area contributed by atoms with Gasteiger partial charge in [-0.25, -0.2) is 0 Å². The molecule has 2 saturated carbocycles. The van der Waals surface area contributed by atoms with E-state index in [9.17, 15) is 26.3 Å². The number of hydrogen-bond acceptors (Lipinski definition) is 4. The largest absolute Gasteiger partial charge is 0.394 e. The zero-order valence-corrected chi connectivity index (χ0v) is 20.1. The molecule has 2 aliphatic heterocycles. The van der Waals surface area contributed by atoms with Crippen molar-refractivity contribution in [3.05, 3.63) is 0 Å². The first-order valence-corrected chi connectivity index (χ1v) is 13.9. The van der Waals surface area contributed by atoms with E-state index in [1.807, 2.05) is 0 Å². The van der Waals surface area contributed by atoms with Gasteiger partial charge in [-0.1, -0.05) is 23.9 Å². The third-order valence-corrected chi connectivity index (χ3v) is 10.5. The summed E-state index contributed by atoms with van der Waals surface area (Å²) in [6, 6.07) is 0. The highest BCUT2D eigenvalue weighted by molar-refractivity contribution is 6.39. The summed E-state index contributed by atoms with van der Waals surface area (Å²) >= 11 is 0. The Hall–Kier alpha value is -0.363. The minimum Gasteiger partial charge on any atom is -0.353 e. The summed E-state index contributed by atoms with van der Waals surface area (Å²) in [4.78, 5) is 0. The lowest BCUT2D eigenvalue weighted by atomic mass is 9.84. The minimum absolute atomic E-state index is 0.0316. The van der Waals surface area contributed by atoms with Gasteiger partial charge in [0.05, 0.1) is 24.0 Å². The molecule has 0 aromatic heterocycles. The first kappa shape index (κ1) is 25.7. The van der Waals surface area contributed by atoms with Crippen LogP contribution >= 0.6 is 0 Å². The summed E-state index contributed by atoms with van der Waals surface area (Å²) in [7, 11) is -1.13. The third-order valence-electron chi connectivity index (χ3n) is 7.73. The van der Waals surface area contributed by atoms with Crippen molar-refractivity contribution < 1.29 is 45.3 Å². The number of rotatable bonds is 6. The van der Waals surface area contributed by atoms with Crippen LogP contribution < -0.4 is 0 Å². The maximum absolute atomic E-state index is 13.8. The van der Waals surface area contributed by atoms with Crippen LogP contribution in [0, 0.1) is 11.8 Å². The molecule has 4 fully saturated rings. The van der Waals surface area contributed by atoms with Gasteiger partial charge in [-0.05, 0) is 38.5 Å². The maximum Gasteiger partial charge on any atom is 0.394 e. The molecule has 4 nitrogen and oxygen atoms in total. The molecule has 0 spiro atoms. The molecule has 2 saturated heterocycles. The van der Waals surface area contributed by atoms with Crippen LogP contribution in [-0.2, 0) is 18.9 Å². The van der Waals surface area contributed by atoms with E-state index < -0.39 is 58.5 Å². The van der Waals surface area contributed by atoms with E-state index in [1.165, 1.54) is 0 Å². The molecule has 8 atom stereocenters. The van der Waals surface area contributed by atoms with Crippen LogP contribution in [0.15, 0.2) is 0 Å². The molecule has 0 aromatic rings. The van der Waals surface area contributed by atoms with E-state index >= 15 is 0 Å². The van der Waals surface area contributed by atoms with Crippen LogP contribution in [0.1, 0.15) is 64.2 Å². The van der Waals surface area contributed by atoms with Crippen molar-refractivity contribution in [1.29, 1.82) is 0 Å². The SMILES string of the molecule is FC(F)(F)C1CC([SiH2]C2CCC(OC3CCCO3)C(C(F)(F)F)C2)CCC1OC1CCCO1. The second kappa shape index (κ2) is 10.7. The van der Waals surface area contributed by atoms with Gasteiger partial charge in [-0.3, -0.25) is 0 Å². The molecule has 192 valence electrons. The minimum atomic E-state index is -4.38. The average molecular weight is 505 g/mol. The zero-order valence-electron chi connectivity index (χ0n) is 18.7. The molecule has 4 rings (SSSR count). The van der Waals surface area contributed by atoms with Gasteiger partial charge in [0.2, 0.25) is 0 Å². The van der Waals surface area contributed by atoms with E-state index in [-0.39, 0.29) is 23.9 Å². The second-order valence-electron chi connectivity index (χ2n) is 10.1. The van der Waals surface area contributed by atoms with Crippen molar-refractivity contribution in [3.8, 4) is 0 Å². The molecule has 33 heavy (non-hydrogen) atoms. The molecule has 0 amide bonds. The van der Waals surface area contributed by atoms with Crippen molar-refractivity contribution in [2.75, 3.05) is 13.2 Å². The Labute approximate surface area is 192 Å². The molecular formula is C22H34F6O4Si. The summed E-state index contributed by atoms with van der Waals surface area (Å²) in [5.74, 6) is -3.13. The van der Waals surface area contributed by atoms with Gasteiger partial charge < -0.3 is 18.9 Å². The average Bonchev–Trinajstić information content (AvgIpc) is 3.43. The smallest absolute Gasteiger partial charge is 0.353 e. The van der Waals surface area contributed by atoms with E-state index in [2.05, 4.69) is 0 Å². The first-order valence-electron chi connectivity index (χ1n) is 12.3. The Bertz CT molecular complexity index is 569. The van der Waals surface area contributed by atoms with Crippen molar-refractivity contribution in [3.63, 3.8) is 0 Å². The number of hydrogen-bond donors (Lipinski definition) is 0. The molecule has 0 bridgehead atoms. The maximum atomic E-state index is 13.8. The molecule has 2 heterocycles. The van der Waals surface area contributed by atoms with Crippen LogP contribution in [-0.4, -0.2) is 59.9 Å². The monoisotopic (exact) mass is 504 g/mol. The second-order valence-corrected chi connectivity index (χ2v) is 12.9. The van der Waals surface area contributed by atoms with Crippen LogP contribution in [0.5, 0.6) is 0 Å². The predicted octanol–water partition coefficient (Wildman–Crippen LogP) is 5.50. The Morgan fingerprint density at radius 3 is 1.36 bits per heavy atom.